The molecule has 4 rings (SSSR count). The monoisotopic (exact) mass is 283 g/mol. The first-order chi connectivity index (χ1) is 10.9. The zero-order valence-corrected chi connectivity index (χ0v) is 12.3. The Morgan fingerprint density at radius 1 is 0.864 bits per heavy atom. The SMILES string of the molecule is C1=C(/C=C/C=C/c2cc3ccccc3[nH]2)Cc2ccccc21. The van der Waals surface area contributed by atoms with Gasteiger partial charge >= 0.3 is 0 Å². The van der Waals surface area contributed by atoms with Gasteiger partial charge in [-0.25, -0.2) is 0 Å². The Morgan fingerprint density at radius 2 is 1.68 bits per heavy atom. The molecule has 1 nitrogen and oxygen atoms in total. The van der Waals surface area contributed by atoms with Crippen molar-refractivity contribution in [3.63, 3.8) is 0 Å². The van der Waals surface area contributed by atoms with Crippen molar-refractivity contribution in [2.45, 2.75) is 6.42 Å². The Bertz CT molecular complexity index is 873. The van der Waals surface area contributed by atoms with E-state index >= 15 is 0 Å². The summed E-state index contributed by atoms with van der Waals surface area (Å²) in [6.07, 6.45) is 11.8. The van der Waals surface area contributed by atoms with Crippen LogP contribution in [-0.2, 0) is 6.42 Å². The minimum absolute atomic E-state index is 1.03. The van der Waals surface area contributed by atoms with Crippen LogP contribution in [0.1, 0.15) is 16.8 Å². The smallest absolute Gasteiger partial charge is 0.0458 e. The molecule has 0 radical (unpaired) electrons. The fraction of sp³-hybridized carbons (Fsp3) is 0.0476. The van der Waals surface area contributed by atoms with Crippen molar-refractivity contribution < 1.29 is 0 Å². The highest BCUT2D eigenvalue weighted by Crippen LogP contribution is 2.25. The summed E-state index contributed by atoms with van der Waals surface area (Å²) < 4.78 is 0. The van der Waals surface area contributed by atoms with Crippen molar-refractivity contribution >= 4 is 23.1 Å². The molecule has 0 amide bonds. The zero-order chi connectivity index (χ0) is 14.8. The van der Waals surface area contributed by atoms with Crippen molar-refractivity contribution in [1.82, 2.24) is 4.98 Å². The molecule has 0 unspecified atom stereocenters. The number of nitrogens with one attached hydrogen (secondary N) is 1. The van der Waals surface area contributed by atoms with Crippen LogP contribution in [0.15, 0.2) is 78.4 Å². The maximum absolute atomic E-state index is 3.40. The highest BCUT2D eigenvalue weighted by atomic mass is 14.7. The van der Waals surface area contributed by atoms with Crippen LogP contribution in [0.3, 0.4) is 0 Å². The summed E-state index contributed by atoms with van der Waals surface area (Å²) in [5.74, 6) is 0. The Morgan fingerprint density at radius 3 is 2.59 bits per heavy atom. The molecule has 0 aliphatic heterocycles. The van der Waals surface area contributed by atoms with Crippen LogP contribution in [0.2, 0.25) is 0 Å². The number of aromatic nitrogens is 1. The minimum atomic E-state index is 1.03. The second-order valence-electron chi connectivity index (χ2n) is 5.63. The number of H-pyrrole nitrogens is 1. The highest BCUT2D eigenvalue weighted by molar-refractivity contribution is 5.82. The lowest BCUT2D eigenvalue weighted by molar-refractivity contribution is 1.25. The van der Waals surface area contributed by atoms with Crippen LogP contribution in [-0.4, -0.2) is 4.98 Å². The second kappa shape index (κ2) is 5.53. The number of hydrogen-bond donors (Lipinski definition) is 1. The molecule has 0 saturated heterocycles. The summed E-state index contributed by atoms with van der Waals surface area (Å²) in [6.45, 7) is 0. The van der Waals surface area contributed by atoms with Crippen molar-refractivity contribution in [1.29, 1.82) is 0 Å². The van der Waals surface area contributed by atoms with E-state index in [0.29, 0.717) is 0 Å². The van der Waals surface area contributed by atoms with E-state index < -0.39 is 0 Å². The van der Waals surface area contributed by atoms with Gasteiger partial charge in [-0.3, -0.25) is 0 Å². The first-order valence-electron chi connectivity index (χ1n) is 7.59. The molecule has 0 atom stereocenters. The molecule has 0 spiro atoms. The van der Waals surface area contributed by atoms with E-state index in [1.807, 2.05) is 0 Å². The van der Waals surface area contributed by atoms with E-state index in [9.17, 15) is 0 Å². The lowest BCUT2D eigenvalue weighted by atomic mass is 10.1. The summed E-state index contributed by atoms with van der Waals surface area (Å²) in [6, 6.07) is 19.1. The van der Waals surface area contributed by atoms with E-state index in [2.05, 4.69) is 90.0 Å². The number of aromatic amines is 1. The summed E-state index contributed by atoms with van der Waals surface area (Å²) in [4.78, 5) is 3.40. The number of allylic oxidation sites excluding steroid dienone is 4. The minimum Gasteiger partial charge on any atom is -0.355 e. The third kappa shape index (κ3) is 2.53. The highest BCUT2D eigenvalue weighted by Gasteiger charge is 2.08. The van der Waals surface area contributed by atoms with Gasteiger partial charge in [-0.2, -0.15) is 0 Å². The predicted molar refractivity (Wildman–Crippen MR) is 94.6 cm³/mol. The Balaban J connectivity index is 1.46. The van der Waals surface area contributed by atoms with Gasteiger partial charge in [-0.1, -0.05) is 66.8 Å². The first-order valence-corrected chi connectivity index (χ1v) is 7.59. The van der Waals surface area contributed by atoms with Crippen LogP contribution < -0.4 is 0 Å². The van der Waals surface area contributed by atoms with E-state index in [1.54, 1.807) is 0 Å². The summed E-state index contributed by atoms with van der Waals surface area (Å²) >= 11 is 0. The van der Waals surface area contributed by atoms with Gasteiger partial charge in [0.05, 0.1) is 0 Å². The third-order valence-corrected chi connectivity index (χ3v) is 4.04. The quantitative estimate of drug-likeness (QED) is 0.621. The summed E-state index contributed by atoms with van der Waals surface area (Å²) in [5, 5.41) is 1.25. The number of fused-ring (bicyclic) bond motifs is 2. The molecule has 0 fully saturated rings. The topological polar surface area (TPSA) is 15.8 Å². The Labute approximate surface area is 130 Å². The van der Waals surface area contributed by atoms with E-state index in [4.69, 9.17) is 0 Å². The lowest BCUT2D eigenvalue weighted by Gasteiger charge is -1.94. The normalized spacial score (nSPS) is 14.1. The standard InChI is InChI=1S/C21H17N/c1(7-16-13-17-8-2-3-9-18(17)14-16)5-11-20-15-19-10-4-6-12-21(19)22-20/h1-13,15,22H,14H2/b7-1+,11-5+. The third-order valence-electron chi connectivity index (χ3n) is 4.04. The van der Waals surface area contributed by atoms with E-state index in [-0.39, 0.29) is 0 Å². The lowest BCUT2D eigenvalue weighted by Crippen LogP contribution is -1.80. The van der Waals surface area contributed by atoms with Crippen LogP contribution in [0.5, 0.6) is 0 Å². The Kier molecular flexibility index (Phi) is 3.24. The van der Waals surface area contributed by atoms with Crippen molar-refractivity contribution in [3.05, 3.63) is 95.2 Å². The number of rotatable bonds is 3. The molecule has 1 N–H and O–H groups in total. The molecule has 1 heteroatoms. The Hall–Kier alpha value is -2.80. The van der Waals surface area contributed by atoms with Crippen LogP contribution in [0, 0.1) is 0 Å². The van der Waals surface area contributed by atoms with Crippen molar-refractivity contribution in [2.75, 3.05) is 0 Å². The molecule has 1 aromatic heterocycles. The van der Waals surface area contributed by atoms with Gasteiger partial charge in [0.2, 0.25) is 0 Å². The van der Waals surface area contributed by atoms with Gasteiger partial charge < -0.3 is 4.98 Å². The maximum atomic E-state index is 3.40. The van der Waals surface area contributed by atoms with Gasteiger partial charge in [-0.05, 0) is 46.7 Å². The average Bonchev–Trinajstić information content (AvgIpc) is 3.14. The van der Waals surface area contributed by atoms with Crippen molar-refractivity contribution in [2.24, 2.45) is 0 Å². The molecule has 1 heterocycles. The van der Waals surface area contributed by atoms with Gasteiger partial charge in [0.1, 0.15) is 0 Å². The molecule has 0 bridgehead atoms. The van der Waals surface area contributed by atoms with Gasteiger partial charge in [0, 0.05) is 11.2 Å². The van der Waals surface area contributed by atoms with Gasteiger partial charge in [0.15, 0.2) is 0 Å². The second-order valence-corrected chi connectivity index (χ2v) is 5.63. The van der Waals surface area contributed by atoms with Crippen LogP contribution in [0.4, 0.5) is 0 Å². The van der Waals surface area contributed by atoms with E-state index in [1.165, 1.54) is 27.6 Å². The number of benzene rings is 2. The van der Waals surface area contributed by atoms with Crippen molar-refractivity contribution in [3.8, 4) is 0 Å². The molecule has 0 saturated carbocycles. The largest absolute Gasteiger partial charge is 0.355 e. The predicted octanol–water partition coefficient (Wildman–Crippen LogP) is 5.38. The zero-order valence-electron chi connectivity index (χ0n) is 12.3. The molecule has 3 aromatic rings. The fourth-order valence-corrected chi connectivity index (χ4v) is 2.94. The van der Waals surface area contributed by atoms with E-state index in [0.717, 1.165) is 12.1 Å². The molecule has 2 aromatic carbocycles. The number of para-hydroxylation sites is 1. The summed E-state index contributed by atoms with van der Waals surface area (Å²) in [7, 11) is 0. The summed E-state index contributed by atoms with van der Waals surface area (Å²) in [5.41, 5.74) is 6.45. The van der Waals surface area contributed by atoms with Crippen LogP contribution in [0.25, 0.3) is 23.1 Å². The molecular formula is C21H17N. The first kappa shape index (κ1) is 12.9. The molecule has 1 aliphatic carbocycles. The molecule has 106 valence electrons. The maximum Gasteiger partial charge on any atom is 0.0458 e. The molecule has 1 aliphatic rings. The number of hydrogen-bond acceptors (Lipinski definition) is 0. The fourth-order valence-electron chi connectivity index (χ4n) is 2.94. The van der Waals surface area contributed by atoms with Crippen LogP contribution >= 0.6 is 0 Å². The average molecular weight is 283 g/mol. The molecular weight excluding hydrogens is 266 g/mol. The molecule has 22 heavy (non-hydrogen) atoms. The van der Waals surface area contributed by atoms with Gasteiger partial charge in [0.25, 0.3) is 0 Å². The van der Waals surface area contributed by atoms with Gasteiger partial charge in [-0.15, -0.1) is 0 Å².